The number of amides is 2. The van der Waals surface area contributed by atoms with Crippen molar-refractivity contribution in [1.29, 1.82) is 0 Å². The van der Waals surface area contributed by atoms with Crippen molar-refractivity contribution in [2.24, 2.45) is 0 Å². The molecule has 3 rings (SSSR count). The summed E-state index contributed by atoms with van der Waals surface area (Å²) in [5.74, 6) is 0. The number of carbonyl (C=O) groups is 1. The number of aliphatic hydroxyl groups is 1. The Labute approximate surface area is 135 Å². The van der Waals surface area contributed by atoms with Gasteiger partial charge in [-0.05, 0) is 23.3 Å². The van der Waals surface area contributed by atoms with E-state index in [1.807, 2.05) is 30.3 Å². The number of urea groups is 1. The van der Waals surface area contributed by atoms with E-state index in [0.717, 1.165) is 16.8 Å². The van der Waals surface area contributed by atoms with E-state index in [-0.39, 0.29) is 18.7 Å². The fourth-order valence-electron chi connectivity index (χ4n) is 2.60. The summed E-state index contributed by atoms with van der Waals surface area (Å²) in [6.45, 7) is 1.63. The predicted octanol–water partition coefficient (Wildman–Crippen LogP) is 2.78. The molecule has 0 aliphatic carbocycles. The molecule has 120 valence electrons. The molecule has 0 radical (unpaired) electrons. The number of nitrogens with zero attached hydrogens (tertiary/aromatic N) is 1. The van der Waals surface area contributed by atoms with Crippen LogP contribution < -0.4 is 5.32 Å². The van der Waals surface area contributed by atoms with Gasteiger partial charge < -0.3 is 20.1 Å². The molecule has 1 saturated heterocycles. The minimum absolute atomic E-state index is 0.00353. The first-order chi connectivity index (χ1) is 11.3. The summed E-state index contributed by atoms with van der Waals surface area (Å²) in [4.78, 5) is 14.2. The third kappa shape index (κ3) is 3.88. The summed E-state index contributed by atoms with van der Waals surface area (Å²) < 4.78 is 5.78. The second kappa shape index (κ2) is 7.26. The van der Waals surface area contributed by atoms with Crippen LogP contribution in [0.3, 0.4) is 0 Å². The van der Waals surface area contributed by atoms with Crippen molar-refractivity contribution in [3.63, 3.8) is 0 Å². The van der Waals surface area contributed by atoms with Crippen LogP contribution in [0.1, 0.15) is 17.2 Å². The lowest BCUT2D eigenvalue weighted by molar-refractivity contribution is -0.0135. The fraction of sp³-hybridized carbons (Fsp3) is 0.278. The maximum absolute atomic E-state index is 12.4. The molecule has 2 aromatic rings. The van der Waals surface area contributed by atoms with Crippen molar-refractivity contribution in [1.82, 2.24) is 4.90 Å². The molecule has 1 aliphatic heterocycles. The summed E-state index contributed by atoms with van der Waals surface area (Å²) in [7, 11) is 0. The van der Waals surface area contributed by atoms with Crippen molar-refractivity contribution >= 4 is 11.7 Å². The molecule has 23 heavy (non-hydrogen) atoms. The molecular formula is C18H20N2O3. The van der Waals surface area contributed by atoms with Crippen molar-refractivity contribution in [3.8, 4) is 0 Å². The number of carbonyl (C=O) groups excluding carboxylic acids is 1. The Hall–Kier alpha value is -2.37. The quantitative estimate of drug-likeness (QED) is 0.916. The first-order valence-electron chi connectivity index (χ1n) is 7.68. The monoisotopic (exact) mass is 312 g/mol. The third-order valence-corrected chi connectivity index (χ3v) is 3.91. The molecule has 2 amide bonds. The lowest BCUT2D eigenvalue weighted by Gasteiger charge is -2.33. The van der Waals surface area contributed by atoms with Gasteiger partial charge in [-0.2, -0.15) is 0 Å². The van der Waals surface area contributed by atoms with Gasteiger partial charge in [0, 0.05) is 12.2 Å². The first kappa shape index (κ1) is 15.5. The number of hydrogen-bond acceptors (Lipinski definition) is 3. The number of hydrogen-bond donors (Lipinski definition) is 2. The summed E-state index contributed by atoms with van der Waals surface area (Å²) >= 11 is 0. The SMILES string of the molecule is O=C(Nc1ccc(CO)cc1)N1CCOC(c2ccccc2)C1. The lowest BCUT2D eigenvalue weighted by Crippen LogP contribution is -2.44. The van der Waals surface area contributed by atoms with E-state index in [2.05, 4.69) is 5.32 Å². The topological polar surface area (TPSA) is 61.8 Å². The van der Waals surface area contributed by atoms with Crippen molar-refractivity contribution in [2.75, 3.05) is 25.0 Å². The maximum atomic E-state index is 12.4. The van der Waals surface area contributed by atoms with Gasteiger partial charge in [0.05, 0.1) is 19.8 Å². The van der Waals surface area contributed by atoms with Gasteiger partial charge in [-0.15, -0.1) is 0 Å². The summed E-state index contributed by atoms with van der Waals surface area (Å²) in [6, 6.07) is 17.0. The highest BCUT2D eigenvalue weighted by atomic mass is 16.5. The Morgan fingerprint density at radius 1 is 1.17 bits per heavy atom. The van der Waals surface area contributed by atoms with Crippen LogP contribution in [-0.2, 0) is 11.3 Å². The van der Waals surface area contributed by atoms with E-state index in [1.165, 1.54) is 0 Å². The van der Waals surface area contributed by atoms with Gasteiger partial charge in [-0.1, -0.05) is 42.5 Å². The van der Waals surface area contributed by atoms with Crippen LogP contribution in [0.5, 0.6) is 0 Å². The van der Waals surface area contributed by atoms with Gasteiger partial charge in [0.25, 0.3) is 0 Å². The molecule has 5 heteroatoms. The minimum atomic E-state index is -0.133. The first-order valence-corrected chi connectivity index (χ1v) is 7.68. The Bertz CT molecular complexity index is 643. The van der Waals surface area contributed by atoms with E-state index in [4.69, 9.17) is 9.84 Å². The zero-order chi connectivity index (χ0) is 16.1. The van der Waals surface area contributed by atoms with E-state index >= 15 is 0 Å². The van der Waals surface area contributed by atoms with E-state index in [0.29, 0.717) is 19.7 Å². The highest BCUT2D eigenvalue weighted by molar-refractivity contribution is 5.89. The number of aliphatic hydroxyl groups excluding tert-OH is 1. The number of nitrogens with one attached hydrogen (secondary N) is 1. The number of ether oxygens (including phenoxy) is 1. The summed E-state index contributed by atoms with van der Waals surface area (Å²) in [5, 5.41) is 11.9. The number of rotatable bonds is 3. The number of benzene rings is 2. The van der Waals surface area contributed by atoms with Gasteiger partial charge >= 0.3 is 6.03 Å². The fourth-order valence-corrected chi connectivity index (χ4v) is 2.60. The van der Waals surface area contributed by atoms with E-state index in [1.54, 1.807) is 29.2 Å². The smallest absolute Gasteiger partial charge is 0.322 e. The average Bonchev–Trinajstić information content (AvgIpc) is 2.63. The second-order valence-corrected chi connectivity index (χ2v) is 5.50. The average molecular weight is 312 g/mol. The summed E-state index contributed by atoms with van der Waals surface area (Å²) in [6.07, 6.45) is -0.0903. The molecular weight excluding hydrogens is 292 g/mol. The van der Waals surface area contributed by atoms with Crippen LogP contribution in [0.15, 0.2) is 54.6 Å². The van der Waals surface area contributed by atoms with Crippen LogP contribution in [0.4, 0.5) is 10.5 Å². The predicted molar refractivity (Wildman–Crippen MR) is 88.1 cm³/mol. The molecule has 0 spiro atoms. The molecule has 2 N–H and O–H groups in total. The second-order valence-electron chi connectivity index (χ2n) is 5.50. The van der Waals surface area contributed by atoms with Gasteiger partial charge in [0.2, 0.25) is 0 Å². The molecule has 1 atom stereocenters. The van der Waals surface area contributed by atoms with Crippen LogP contribution in [-0.4, -0.2) is 35.7 Å². The summed E-state index contributed by atoms with van der Waals surface area (Å²) in [5.41, 5.74) is 2.62. The van der Waals surface area contributed by atoms with Gasteiger partial charge in [-0.3, -0.25) is 0 Å². The molecule has 1 unspecified atom stereocenters. The zero-order valence-corrected chi connectivity index (χ0v) is 12.8. The van der Waals surface area contributed by atoms with E-state index < -0.39 is 0 Å². The van der Waals surface area contributed by atoms with Crippen molar-refractivity contribution < 1.29 is 14.6 Å². The highest BCUT2D eigenvalue weighted by Crippen LogP contribution is 2.22. The van der Waals surface area contributed by atoms with Crippen LogP contribution in [0, 0.1) is 0 Å². The lowest BCUT2D eigenvalue weighted by atomic mass is 10.1. The van der Waals surface area contributed by atoms with Gasteiger partial charge in [0.1, 0.15) is 6.10 Å². The van der Waals surface area contributed by atoms with Crippen LogP contribution in [0.25, 0.3) is 0 Å². The maximum Gasteiger partial charge on any atom is 0.322 e. The third-order valence-electron chi connectivity index (χ3n) is 3.91. The molecule has 2 aromatic carbocycles. The Balaban J connectivity index is 1.62. The standard InChI is InChI=1S/C18H20N2O3/c21-13-14-6-8-16(9-7-14)19-18(22)20-10-11-23-17(12-20)15-4-2-1-3-5-15/h1-9,17,21H,10-13H2,(H,19,22). The molecule has 0 saturated carbocycles. The van der Waals surface area contributed by atoms with Crippen LogP contribution >= 0.6 is 0 Å². The van der Waals surface area contributed by atoms with E-state index in [9.17, 15) is 4.79 Å². The van der Waals surface area contributed by atoms with Gasteiger partial charge in [0.15, 0.2) is 0 Å². The highest BCUT2D eigenvalue weighted by Gasteiger charge is 2.25. The Kier molecular flexibility index (Phi) is 4.90. The molecule has 5 nitrogen and oxygen atoms in total. The molecule has 1 fully saturated rings. The Morgan fingerprint density at radius 2 is 1.91 bits per heavy atom. The van der Waals surface area contributed by atoms with Gasteiger partial charge in [-0.25, -0.2) is 4.79 Å². The normalized spacial score (nSPS) is 17.8. The van der Waals surface area contributed by atoms with Crippen molar-refractivity contribution in [2.45, 2.75) is 12.7 Å². The van der Waals surface area contributed by atoms with Crippen molar-refractivity contribution in [3.05, 3.63) is 65.7 Å². The molecule has 0 bridgehead atoms. The zero-order valence-electron chi connectivity index (χ0n) is 12.8. The number of morpholine rings is 1. The Morgan fingerprint density at radius 3 is 2.61 bits per heavy atom. The largest absolute Gasteiger partial charge is 0.392 e. The molecule has 1 aliphatic rings. The molecule has 0 aromatic heterocycles. The molecule has 1 heterocycles. The number of anilines is 1. The minimum Gasteiger partial charge on any atom is -0.392 e. The van der Waals surface area contributed by atoms with Crippen LogP contribution in [0.2, 0.25) is 0 Å².